The van der Waals surface area contributed by atoms with Crippen LogP contribution in [0.5, 0.6) is 0 Å². The molecule has 1 aromatic heterocycles. The van der Waals surface area contributed by atoms with Gasteiger partial charge in [0.05, 0.1) is 11.7 Å². The van der Waals surface area contributed by atoms with Gasteiger partial charge in [0.1, 0.15) is 0 Å². The Balaban J connectivity index is 1.66. The third kappa shape index (κ3) is 3.22. The predicted octanol–water partition coefficient (Wildman–Crippen LogP) is 1.45. The average molecular weight is 286 g/mol. The standard InChI is InChI=1S/C15H18N4O2/c20-14-9-13(18-19-14)10-4-6-11(7-5-10)17-15(21)12-3-1-2-8-16-12/h4-7,9,12,16H,1-3,8H2,(H,17,21)(H2,18,19,20)/t12-/m0/s1. The van der Waals surface area contributed by atoms with Gasteiger partial charge in [-0.3, -0.25) is 19.8 Å². The zero-order valence-electron chi connectivity index (χ0n) is 11.6. The molecule has 110 valence electrons. The van der Waals surface area contributed by atoms with Gasteiger partial charge in [0.2, 0.25) is 5.91 Å². The molecule has 0 radical (unpaired) electrons. The molecular formula is C15H18N4O2. The molecule has 4 N–H and O–H groups in total. The van der Waals surface area contributed by atoms with Gasteiger partial charge in [0, 0.05) is 11.8 Å². The Morgan fingerprint density at radius 1 is 1.14 bits per heavy atom. The summed E-state index contributed by atoms with van der Waals surface area (Å²) in [6, 6.07) is 8.80. The first-order chi connectivity index (χ1) is 10.2. The summed E-state index contributed by atoms with van der Waals surface area (Å²) in [6.45, 7) is 0.901. The first-order valence-electron chi connectivity index (χ1n) is 7.15. The molecule has 0 unspecified atom stereocenters. The van der Waals surface area contributed by atoms with E-state index in [9.17, 15) is 9.59 Å². The Morgan fingerprint density at radius 2 is 1.95 bits per heavy atom. The summed E-state index contributed by atoms with van der Waals surface area (Å²) in [5, 5.41) is 11.4. The van der Waals surface area contributed by atoms with Gasteiger partial charge in [-0.15, -0.1) is 0 Å². The van der Waals surface area contributed by atoms with Gasteiger partial charge in [-0.25, -0.2) is 0 Å². The second kappa shape index (κ2) is 5.97. The highest BCUT2D eigenvalue weighted by atomic mass is 16.2. The van der Waals surface area contributed by atoms with E-state index in [1.807, 2.05) is 24.3 Å². The molecule has 3 rings (SSSR count). The molecule has 2 aromatic rings. The zero-order chi connectivity index (χ0) is 14.7. The van der Waals surface area contributed by atoms with Crippen LogP contribution >= 0.6 is 0 Å². The lowest BCUT2D eigenvalue weighted by atomic mass is 10.0. The molecule has 1 fully saturated rings. The van der Waals surface area contributed by atoms with Gasteiger partial charge in [-0.05, 0) is 37.1 Å². The smallest absolute Gasteiger partial charge is 0.264 e. The largest absolute Gasteiger partial charge is 0.325 e. The lowest BCUT2D eigenvalue weighted by Gasteiger charge is -2.22. The Morgan fingerprint density at radius 3 is 2.57 bits per heavy atom. The van der Waals surface area contributed by atoms with Gasteiger partial charge in [0.15, 0.2) is 0 Å². The van der Waals surface area contributed by atoms with E-state index in [1.165, 1.54) is 6.07 Å². The molecule has 0 saturated carbocycles. The third-order valence-electron chi connectivity index (χ3n) is 3.69. The number of carbonyl (C=O) groups excluding carboxylic acids is 1. The number of benzene rings is 1. The minimum absolute atomic E-state index is 0.0116. The second-order valence-electron chi connectivity index (χ2n) is 5.24. The summed E-state index contributed by atoms with van der Waals surface area (Å²) in [7, 11) is 0. The highest BCUT2D eigenvalue weighted by Crippen LogP contribution is 2.18. The van der Waals surface area contributed by atoms with Crippen LogP contribution in [0.2, 0.25) is 0 Å². The average Bonchev–Trinajstić information content (AvgIpc) is 2.95. The predicted molar refractivity (Wildman–Crippen MR) is 81.1 cm³/mol. The van der Waals surface area contributed by atoms with E-state index in [4.69, 9.17) is 0 Å². The van der Waals surface area contributed by atoms with Gasteiger partial charge >= 0.3 is 0 Å². The van der Waals surface area contributed by atoms with E-state index in [0.717, 1.165) is 42.8 Å². The van der Waals surface area contributed by atoms with Crippen molar-refractivity contribution in [2.75, 3.05) is 11.9 Å². The molecule has 2 heterocycles. The van der Waals surface area contributed by atoms with Crippen LogP contribution in [0.3, 0.4) is 0 Å². The number of anilines is 1. The number of piperidine rings is 1. The fourth-order valence-electron chi connectivity index (χ4n) is 2.53. The zero-order valence-corrected chi connectivity index (χ0v) is 11.6. The van der Waals surface area contributed by atoms with Crippen molar-refractivity contribution in [2.45, 2.75) is 25.3 Å². The van der Waals surface area contributed by atoms with Crippen molar-refractivity contribution in [3.05, 3.63) is 40.7 Å². The Hall–Kier alpha value is -2.34. The minimum atomic E-state index is -0.161. The van der Waals surface area contributed by atoms with Crippen molar-refractivity contribution < 1.29 is 4.79 Å². The SMILES string of the molecule is O=C(Nc1ccc(-c2cc(=O)[nH][nH]2)cc1)[C@@H]1CCCCN1. The number of hydrogen-bond acceptors (Lipinski definition) is 3. The third-order valence-corrected chi connectivity index (χ3v) is 3.69. The van der Waals surface area contributed by atoms with Crippen LogP contribution in [0.4, 0.5) is 5.69 Å². The molecule has 6 nitrogen and oxygen atoms in total. The molecule has 0 bridgehead atoms. The number of rotatable bonds is 3. The number of amides is 1. The second-order valence-corrected chi connectivity index (χ2v) is 5.24. The first kappa shape index (κ1) is 13.6. The molecule has 1 saturated heterocycles. The van der Waals surface area contributed by atoms with E-state index in [-0.39, 0.29) is 17.5 Å². The molecule has 6 heteroatoms. The number of aromatic amines is 2. The molecule has 1 amide bonds. The van der Waals surface area contributed by atoms with Crippen LogP contribution in [0.1, 0.15) is 19.3 Å². The van der Waals surface area contributed by atoms with E-state index in [1.54, 1.807) is 0 Å². The van der Waals surface area contributed by atoms with Crippen LogP contribution in [-0.4, -0.2) is 28.7 Å². The molecule has 1 aliphatic heterocycles. The number of carbonyl (C=O) groups is 1. The van der Waals surface area contributed by atoms with Crippen LogP contribution in [0.25, 0.3) is 11.3 Å². The highest BCUT2D eigenvalue weighted by Gasteiger charge is 2.20. The highest BCUT2D eigenvalue weighted by molar-refractivity contribution is 5.95. The van der Waals surface area contributed by atoms with Crippen LogP contribution < -0.4 is 16.2 Å². The normalized spacial score (nSPS) is 18.4. The van der Waals surface area contributed by atoms with Crippen LogP contribution in [0.15, 0.2) is 35.1 Å². The van der Waals surface area contributed by atoms with E-state index >= 15 is 0 Å². The molecule has 1 aliphatic rings. The molecule has 1 atom stereocenters. The number of H-pyrrole nitrogens is 2. The first-order valence-corrected chi connectivity index (χ1v) is 7.15. The number of aromatic nitrogens is 2. The van der Waals surface area contributed by atoms with Gasteiger partial charge in [0.25, 0.3) is 5.56 Å². The topological polar surface area (TPSA) is 89.8 Å². The lowest BCUT2D eigenvalue weighted by Crippen LogP contribution is -2.43. The van der Waals surface area contributed by atoms with Crippen LogP contribution in [-0.2, 0) is 4.79 Å². The Kier molecular flexibility index (Phi) is 3.87. The summed E-state index contributed by atoms with van der Waals surface area (Å²) in [6.07, 6.45) is 3.10. The fraction of sp³-hybridized carbons (Fsp3) is 0.333. The van der Waals surface area contributed by atoms with Gasteiger partial charge in [-0.1, -0.05) is 18.6 Å². The number of hydrogen-bond donors (Lipinski definition) is 4. The quantitative estimate of drug-likeness (QED) is 0.688. The fourth-order valence-corrected chi connectivity index (χ4v) is 2.53. The number of nitrogens with one attached hydrogen (secondary N) is 4. The van der Waals surface area contributed by atoms with Gasteiger partial charge in [-0.2, -0.15) is 0 Å². The van der Waals surface area contributed by atoms with Crippen LogP contribution in [0, 0.1) is 0 Å². The lowest BCUT2D eigenvalue weighted by molar-refractivity contribution is -0.118. The Bertz CT molecular complexity index is 665. The molecular weight excluding hydrogens is 268 g/mol. The van der Waals surface area contributed by atoms with Crippen molar-refractivity contribution in [3.63, 3.8) is 0 Å². The van der Waals surface area contributed by atoms with E-state index in [2.05, 4.69) is 20.8 Å². The summed E-state index contributed by atoms with van der Waals surface area (Å²) in [5.41, 5.74) is 2.22. The summed E-state index contributed by atoms with van der Waals surface area (Å²) >= 11 is 0. The Labute approximate surface area is 121 Å². The molecule has 1 aromatic carbocycles. The van der Waals surface area contributed by atoms with E-state index in [0.29, 0.717) is 0 Å². The van der Waals surface area contributed by atoms with Crippen molar-refractivity contribution in [3.8, 4) is 11.3 Å². The van der Waals surface area contributed by atoms with Crippen molar-refractivity contribution in [1.29, 1.82) is 0 Å². The van der Waals surface area contributed by atoms with Crippen molar-refractivity contribution in [1.82, 2.24) is 15.5 Å². The van der Waals surface area contributed by atoms with E-state index < -0.39 is 0 Å². The maximum absolute atomic E-state index is 12.1. The minimum Gasteiger partial charge on any atom is -0.325 e. The monoisotopic (exact) mass is 286 g/mol. The maximum Gasteiger partial charge on any atom is 0.264 e. The summed E-state index contributed by atoms with van der Waals surface area (Å²) < 4.78 is 0. The molecule has 0 spiro atoms. The maximum atomic E-state index is 12.1. The summed E-state index contributed by atoms with van der Waals surface area (Å²) in [4.78, 5) is 23.2. The van der Waals surface area contributed by atoms with Crippen molar-refractivity contribution >= 4 is 11.6 Å². The molecule has 0 aliphatic carbocycles. The summed E-state index contributed by atoms with van der Waals surface area (Å²) in [5.74, 6) is 0.0116. The molecule has 21 heavy (non-hydrogen) atoms. The van der Waals surface area contributed by atoms with Crippen molar-refractivity contribution in [2.24, 2.45) is 0 Å². The van der Waals surface area contributed by atoms with Gasteiger partial charge < -0.3 is 10.6 Å².